The van der Waals surface area contributed by atoms with E-state index < -0.39 is 11.4 Å². The molecule has 1 N–H and O–H groups in total. The highest BCUT2D eigenvalue weighted by molar-refractivity contribution is 5.76. The van der Waals surface area contributed by atoms with Crippen molar-refractivity contribution in [3.8, 4) is 0 Å². The van der Waals surface area contributed by atoms with Gasteiger partial charge in [0.1, 0.15) is 0 Å². The lowest BCUT2D eigenvalue weighted by Gasteiger charge is -2.32. The molecule has 2 heteroatoms. The Balaban J connectivity index is 2.39. The second-order valence-electron chi connectivity index (χ2n) is 4.27. The number of hydrogen-bond acceptors (Lipinski definition) is 1. The molecule has 0 aromatic rings. The van der Waals surface area contributed by atoms with Gasteiger partial charge in [-0.25, -0.2) is 0 Å². The van der Waals surface area contributed by atoms with Crippen LogP contribution in [0.2, 0.25) is 0 Å². The summed E-state index contributed by atoms with van der Waals surface area (Å²) in [5, 5.41) is 9.13. The zero-order valence-electron chi connectivity index (χ0n) is 7.45. The van der Waals surface area contributed by atoms with Crippen LogP contribution in [-0.2, 0) is 4.79 Å². The molecule has 0 saturated heterocycles. The lowest BCUT2D eigenvalue weighted by Crippen LogP contribution is -2.37. The number of carbonyl (C=O) groups is 1. The number of allylic oxidation sites excluding steroid dienone is 2. The minimum Gasteiger partial charge on any atom is -0.481 e. The van der Waals surface area contributed by atoms with Gasteiger partial charge in [0.25, 0.3) is 0 Å². The van der Waals surface area contributed by atoms with Crippen molar-refractivity contribution in [2.75, 3.05) is 0 Å². The largest absolute Gasteiger partial charge is 0.481 e. The Morgan fingerprint density at radius 2 is 2.25 bits per heavy atom. The van der Waals surface area contributed by atoms with Crippen molar-refractivity contribution in [3.63, 3.8) is 0 Å². The average Bonchev–Trinajstić information content (AvgIpc) is 2.55. The van der Waals surface area contributed by atoms with Crippen LogP contribution in [0.3, 0.4) is 0 Å². The van der Waals surface area contributed by atoms with E-state index in [4.69, 9.17) is 5.11 Å². The van der Waals surface area contributed by atoms with Gasteiger partial charge in [0.05, 0.1) is 5.41 Å². The van der Waals surface area contributed by atoms with Gasteiger partial charge in [-0.3, -0.25) is 4.79 Å². The summed E-state index contributed by atoms with van der Waals surface area (Å²) in [5.74, 6) is 0.447. The Labute approximate surface area is 72.3 Å². The normalized spacial score (nSPS) is 50.0. The second-order valence-corrected chi connectivity index (χ2v) is 4.27. The highest BCUT2D eigenvalue weighted by Gasteiger charge is 2.55. The van der Waals surface area contributed by atoms with E-state index >= 15 is 0 Å². The van der Waals surface area contributed by atoms with Gasteiger partial charge in [-0.2, -0.15) is 0 Å². The van der Waals surface area contributed by atoms with Crippen molar-refractivity contribution in [1.29, 1.82) is 0 Å². The number of rotatable bonds is 1. The van der Waals surface area contributed by atoms with Crippen LogP contribution in [0.5, 0.6) is 0 Å². The fourth-order valence-corrected chi connectivity index (χ4v) is 2.68. The Kier molecular flexibility index (Phi) is 1.39. The first-order valence-corrected chi connectivity index (χ1v) is 4.48. The molecule has 0 heterocycles. The lowest BCUT2D eigenvalue weighted by atomic mass is 9.71. The molecule has 66 valence electrons. The molecule has 2 rings (SSSR count). The van der Waals surface area contributed by atoms with Crippen LogP contribution in [0, 0.1) is 23.2 Å². The number of carboxylic acid groups (broad SMARTS) is 1. The molecule has 0 aliphatic heterocycles. The van der Waals surface area contributed by atoms with Crippen molar-refractivity contribution < 1.29 is 9.90 Å². The van der Waals surface area contributed by atoms with E-state index in [0.29, 0.717) is 11.8 Å². The molecule has 2 bridgehead atoms. The summed E-state index contributed by atoms with van der Waals surface area (Å²) in [6, 6.07) is 0. The summed E-state index contributed by atoms with van der Waals surface area (Å²) in [7, 11) is 0. The van der Waals surface area contributed by atoms with E-state index in [1.807, 2.05) is 6.92 Å². The molecule has 0 amide bonds. The summed E-state index contributed by atoms with van der Waals surface area (Å²) in [4.78, 5) is 11.1. The van der Waals surface area contributed by atoms with E-state index in [2.05, 4.69) is 19.1 Å². The van der Waals surface area contributed by atoms with Crippen molar-refractivity contribution in [2.24, 2.45) is 23.2 Å². The van der Waals surface area contributed by atoms with Gasteiger partial charge >= 0.3 is 5.97 Å². The summed E-state index contributed by atoms with van der Waals surface area (Å²) in [5.41, 5.74) is -0.501. The third kappa shape index (κ3) is 0.680. The summed E-state index contributed by atoms with van der Waals surface area (Å²) in [6.07, 6.45) is 5.31. The average molecular weight is 166 g/mol. The van der Waals surface area contributed by atoms with E-state index in [1.165, 1.54) is 0 Å². The van der Waals surface area contributed by atoms with Crippen LogP contribution in [0.4, 0.5) is 0 Å². The predicted octanol–water partition coefficient (Wildman–Crippen LogP) is 1.92. The van der Waals surface area contributed by atoms with Gasteiger partial charge in [-0.15, -0.1) is 0 Å². The first kappa shape index (κ1) is 7.84. The maximum atomic E-state index is 11.1. The minimum atomic E-state index is -0.633. The molecular weight excluding hydrogens is 152 g/mol. The maximum absolute atomic E-state index is 11.1. The first-order valence-electron chi connectivity index (χ1n) is 4.48. The van der Waals surface area contributed by atoms with Crippen LogP contribution in [0.15, 0.2) is 12.2 Å². The third-order valence-electron chi connectivity index (χ3n) is 3.94. The zero-order chi connectivity index (χ0) is 8.93. The zero-order valence-corrected chi connectivity index (χ0v) is 7.45. The van der Waals surface area contributed by atoms with Gasteiger partial charge < -0.3 is 5.11 Å². The molecule has 2 aliphatic rings. The van der Waals surface area contributed by atoms with E-state index in [9.17, 15) is 4.79 Å². The van der Waals surface area contributed by atoms with E-state index in [-0.39, 0.29) is 5.92 Å². The van der Waals surface area contributed by atoms with Crippen LogP contribution >= 0.6 is 0 Å². The van der Waals surface area contributed by atoms with Crippen molar-refractivity contribution in [1.82, 2.24) is 0 Å². The Hall–Kier alpha value is -0.790. The van der Waals surface area contributed by atoms with Crippen molar-refractivity contribution in [3.05, 3.63) is 12.2 Å². The molecule has 0 aromatic carbocycles. The van der Waals surface area contributed by atoms with Crippen LogP contribution in [0.1, 0.15) is 20.3 Å². The van der Waals surface area contributed by atoms with Crippen molar-refractivity contribution >= 4 is 5.97 Å². The minimum absolute atomic E-state index is 0.273. The SMILES string of the molecule is CC1C2C=CC(C2)C1(C)C(=O)O. The standard InChI is InChI=1S/C10H14O2/c1-6-7-3-4-8(5-7)10(6,2)9(11)12/h3-4,6-8H,5H2,1-2H3,(H,11,12). The van der Waals surface area contributed by atoms with Crippen LogP contribution < -0.4 is 0 Å². The monoisotopic (exact) mass is 166 g/mol. The number of aliphatic carboxylic acids is 1. The molecule has 1 saturated carbocycles. The fourth-order valence-electron chi connectivity index (χ4n) is 2.68. The summed E-state index contributed by atoms with van der Waals surface area (Å²) in [6.45, 7) is 3.94. The summed E-state index contributed by atoms with van der Waals surface area (Å²) >= 11 is 0. The number of carboxylic acids is 1. The Morgan fingerprint density at radius 3 is 2.58 bits per heavy atom. The molecule has 4 unspecified atom stereocenters. The highest BCUT2D eigenvalue weighted by Crippen LogP contribution is 2.55. The van der Waals surface area contributed by atoms with E-state index in [0.717, 1.165) is 6.42 Å². The Bertz CT molecular complexity index is 257. The van der Waals surface area contributed by atoms with Gasteiger partial charge in [0.15, 0.2) is 0 Å². The van der Waals surface area contributed by atoms with Crippen LogP contribution in [0.25, 0.3) is 0 Å². The molecule has 12 heavy (non-hydrogen) atoms. The fraction of sp³-hybridized carbons (Fsp3) is 0.700. The third-order valence-corrected chi connectivity index (χ3v) is 3.94. The molecule has 4 atom stereocenters. The number of hydrogen-bond donors (Lipinski definition) is 1. The molecular formula is C10H14O2. The lowest BCUT2D eigenvalue weighted by molar-refractivity contribution is -0.152. The predicted molar refractivity (Wildman–Crippen MR) is 45.6 cm³/mol. The highest BCUT2D eigenvalue weighted by atomic mass is 16.4. The number of fused-ring (bicyclic) bond motifs is 2. The smallest absolute Gasteiger partial charge is 0.310 e. The van der Waals surface area contributed by atoms with Crippen LogP contribution in [-0.4, -0.2) is 11.1 Å². The van der Waals surface area contributed by atoms with Gasteiger partial charge in [0, 0.05) is 0 Å². The molecule has 1 fully saturated rings. The first-order chi connectivity index (χ1) is 5.56. The maximum Gasteiger partial charge on any atom is 0.310 e. The molecule has 0 spiro atoms. The Morgan fingerprint density at radius 1 is 1.58 bits per heavy atom. The van der Waals surface area contributed by atoms with Gasteiger partial charge in [-0.1, -0.05) is 19.1 Å². The van der Waals surface area contributed by atoms with Gasteiger partial charge in [-0.05, 0) is 31.1 Å². The van der Waals surface area contributed by atoms with Crippen molar-refractivity contribution in [2.45, 2.75) is 20.3 Å². The molecule has 0 radical (unpaired) electrons. The van der Waals surface area contributed by atoms with E-state index in [1.54, 1.807) is 0 Å². The quantitative estimate of drug-likeness (QED) is 0.604. The second kappa shape index (κ2) is 2.12. The molecule has 2 nitrogen and oxygen atoms in total. The molecule has 2 aliphatic carbocycles. The molecule has 0 aromatic heterocycles. The van der Waals surface area contributed by atoms with Gasteiger partial charge in [0.2, 0.25) is 0 Å². The topological polar surface area (TPSA) is 37.3 Å². The summed E-state index contributed by atoms with van der Waals surface area (Å²) < 4.78 is 0.